The van der Waals surface area contributed by atoms with Gasteiger partial charge in [0.2, 0.25) is 10.0 Å². The van der Waals surface area contributed by atoms with Crippen LogP contribution in [0.25, 0.3) is 0 Å². The van der Waals surface area contributed by atoms with Gasteiger partial charge in [-0.05, 0) is 6.42 Å². The van der Waals surface area contributed by atoms with E-state index in [9.17, 15) is 8.42 Å². The van der Waals surface area contributed by atoms with Gasteiger partial charge in [0, 0.05) is 19.7 Å². The van der Waals surface area contributed by atoms with Crippen molar-refractivity contribution in [3.8, 4) is 0 Å². The lowest BCUT2D eigenvalue weighted by Crippen LogP contribution is -2.48. The van der Waals surface area contributed by atoms with Crippen molar-refractivity contribution in [3.05, 3.63) is 0 Å². The van der Waals surface area contributed by atoms with Crippen molar-refractivity contribution in [3.63, 3.8) is 0 Å². The number of rotatable bonds is 5. The molecule has 0 aromatic heterocycles. The van der Waals surface area contributed by atoms with Crippen LogP contribution in [0.3, 0.4) is 0 Å². The van der Waals surface area contributed by atoms with E-state index in [-0.39, 0.29) is 18.8 Å². The van der Waals surface area contributed by atoms with E-state index in [1.807, 2.05) is 0 Å². The van der Waals surface area contributed by atoms with Crippen LogP contribution in [0.4, 0.5) is 0 Å². The molecule has 1 fully saturated rings. The number of aliphatic hydroxyl groups excluding tert-OH is 1. The molecule has 6 nitrogen and oxygen atoms in total. The first kappa shape index (κ1) is 11.9. The van der Waals surface area contributed by atoms with E-state index >= 15 is 0 Å². The van der Waals surface area contributed by atoms with Gasteiger partial charge in [0.05, 0.1) is 19.0 Å². The van der Waals surface area contributed by atoms with E-state index in [0.29, 0.717) is 26.3 Å². The highest BCUT2D eigenvalue weighted by Gasteiger charge is 2.17. The van der Waals surface area contributed by atoms with Crippen LogP contribution in [-0.4, -0.2) is 57.2 Å². The first-order chi connectivity index (χ1) is 6.64. The van der Waals surface area contributed by atoms with Crippen molar-refractivity contribution >= 4 is 10.0 Å². The van der Waals surface area contributed by atoms with Gasteiger partial charge < -0.3 is 9.84 Å². The van der Waals surface area contributed by atoms with Gasteiger partial charge in [-0.15, -0.1) is 4.83 Å². The molecule has 0 radical (unpaired) electrons. The topological polar surface area (TPSA) is 78.9 Å². The molecule has 0 spiro atoms. The van der Waals surface area contributed by atoms with Gasteiger partial charge in [0.1, 0.15) is 0 Å². The molecule has 84 valence electrons. The summed E-state index contributed by atoms with van der Waals surface area (Å²) in [7, 11) is -3.28. The summed E-state index contributed by atoms with van der Waals surface area (Å²) < 4.78 is 27.8. The first-order valence-electron chi connectivity index (χ1n) is 4.58. The zero-order chi connectivity index (χ0) is 10.4. The lowest BCUT2D eigenvalue weighted by atomic mass is 10.5. The lowest BCUT2D eigenvalue weighted by Gasteiger charge is -2.26. The number of ether oxygens (including phenoxy) is 1. The van der Waals surface area contributed by atoms with E-state index in [0.717, 1.165) is 0 Å². The van der Waals surface area contributed by atoms with Gasteiger partial charge in [-0.1, -0.05) is 0 Å². The summed E-state index contributed by atoms with van der Waals surface area (Å²) in [6, 6.07) is 0. The van der Waals surface area contributed by atoms with Crippen molar-refractivity contribution < 1.29 is 18.3 Å². The zero-order valence-corrected chi connectivity index (χ0v) is 8.79. The first-order valence-corrected chi connectivity index (χ1v) is 6.23. The molecular formula is C7H16N2O4S. The van der Waals surface area contributed by atoms with Crippen molar-refractivity contribution in [1.29, 1.82) is 0 Å². The Balaban J connectivity index is 2.33. The van der Waals surface area contributed by atoms with Crippen molar-refractivity contribution in [2.45, 2.75) is 6.42 Å². The van der Waals surface area contributed by atoms with Crippen molar-refractivity contribution in [2.75, 3.05) is 38.7 Å². The molecule has 0 unspecified atom stereocenters. The number of aliphatic hydroxyl groups is 1. The highest BCUT2D eigenvalue weighted by Crippen LogP contribution is 1.96. The summed E-state index contributed by atoms with van der Waals surface area (Å²) in [6.45, 7) is 2.12. The average Bonchev–Trinajstić information content (AvgIpc) is 2.16. The Morgan fingerprint density at radius 3 is 2.57 bits per heavy atom. The van der Waals surface area contributed by atoms with Crippen LogP contribution in [0.5, 0.6) is 0 Å². The Morgan fingerprint density at radius 1 is 1.36 bits per heavy atom. The van der Waals surface area contributed by atoms with Gasteiger partial charge in [-0.25, -0.2) is 13.4 Å². The number of hydrogen-bond acceptors (Lipinski definition) is 5. The van der Waals surface area contributed by atoms with Gasteiger partial charge in [0.15, 0.2) is 0 Å². The minimum absolute atomic E-state index is 0.0408. The quantitative estimate of drug-likeness (QED) is 0.596. The fourth-order valence-electron chi connectivity index (χ4n) is 1.15. The molecular weight excluding hydrogens is 208 g/mol. The molecule has 0 atom stereocenters. The van der Waals surface area contributed by atoms with E-state index < -0.39 is 10.0 Å². The highest BCUT2D eigenvalue weighted by molar-refractivity contribution is 7.89. The van der Waals surface area contributed by atoms with Crippen LogP contribution in [-0.2, 0) is 14.8 Å². The fraction of sp³-hybridized carbons (Fsp3) is 1.00. The fourth-order valence-corrected chi connectivity index (χ4v) is 2.33. The Bertz CT molecular complexity index is 248. The number of nitrogens with zero attached hydrogens (tertiary/aromatic N) is 1. The van der Waals surface area contributed by atoms with Gasteiger partial charge in [-0.3, -0.25) is 0 Å². The van der Waals surface area contributed by atoms with E-state index in [1.165, 1.54) is 0 Å². The molecule has 7 heteroatoms. The van der Waals surface area contributed by atoms with Crippen molar-refractivity contribution in [1.82, 2.24) is 9.84 Å². The van der Waals surface area contributed by atoms with Crippen LogP contribution in [0, 0.1) is 0 Å². The third kappa shape index (κ3) is 4.34. The summed E-state index contributed by atoms with van der Waals surface area (Å²) in [5, 5.41) is 10.1. The molecule has 1 aliphatic rings. The third-order valence-electron chi connectivity index (χ3n) is 1.85. The maximum atomic E-state index is 11.4. The molecule has 1 aliphatic heterocycles. The Hall–Kier alpha value is -0.210. The predicted molar refractivity (Wildman–Crippen MR) is 51.0 cm³/mol. The Kier molecular flexibility index (Phi) is 4.76. The van der Waals surface area contributed by atoms with E-state index in [4.69, 9.17) is 9.84 Å². The molecule has 1 heterocycles. The average molecular weight is 224 g/mol. The summed E-state index contributed by atoms with van der Waals surface area (Å²) in [6.07, 6.45) is 0.264. The van der Waals surface area contributed by atoms with Crippen LogP contribution in [0.2, 0.25) is 0 Å². The number of morpholine rings is 1. The number of nitrogens with one attached hydrogen (secondary N) is 1. The van der Waals surface area contributed by atoms with E-state index in [2.05, 4.69) is 4.83 Å². The zero-order valence-electron chi connectivity index (χ0n) is 7.98. The minimum Gasteiger partial charge on any atom is -0.396 e. The molecule has 0 aromatic carbocycles. The molecule has 0 aromatic rings. The summed E-state index contributed by atoms with van der Waals surface area (Å²) in [5.41, 5.74) is 0. The lowest BCUT2D eigenvalue weighted by molar-refractivity contribution is 0.0272. The maximum Gasteiger partial charge on any atom is 0.224 e. The van der Waals surface area contributed by atoms with Gasteiger partial charge in [0.25, 0.3) is 0 Å². The second-order valence-corrected chi connectivity index (χ2v) is 4.91. The van der Waals surface area contributed by atoms with Crippen LogP contribution in [0.15, 0.2) is 0 Å². The molecule has 0 bridgehead atoms. The standard InChI is InChI=1S/C7H16N2O4S/c10-4-1-7-14(11,12)8-9-2-5-13-6-3-9/h8,10H,1-7H2. The summed E-state index contributed by atoms with van der Waals surface area (Å²) >= 11 is 0. The van der Waals surface area contributed by atoms with Crippen LogP contribution >= 0.6 is 0 Å². The van der Waals surface area contributed by atoms with Crippen LogP contribution in [0.1, 0.15) is 6.42 Å². The van der Waals surface area contributed by atoms with Crippen LogP contribution < -0.4 is 4.83 Å². The van der Waals surface area contributed by atoms with Gasteiger partial charge >= 0.3 is 0 Å². The second-order valence-electron chi connectivity index (χ2n) is 3.09. The molecule has 2 N–H and O–H groups in total. The molecule has 0 aliphatic carbocycles. The molecule has 1 saturated heterocycles. The predicted octanol–water partition coefficient (Wildman–Crippen LogP) is -1.46. The Morgan fingerprint density at radius 2 is 2.00 bits per heavy atom. The summed E-state index contributed by atoms with van der Waals surface area (Å²) in [5.74, 6) is -0.0408. The SMILES string of the molecule is O=S(=O)(CCCO)NN1CCOCC1. The smallest absolute Gasteiger partial charge is 0.224 e. The summed E-state index contributed by atoms with van der Waals surface area (Å²) in [4.78, 5) is 2.44. The minimum atomic E-state index is -3.28. The van der Waals surface area contributed by atoms with Gasteiger partial charge in [-0.2, -0.15) is 0 Å². The normalized spacial score (nSPS) is 19.8. The molecule has 0 saturated carbocycles. The number of hydrogen-bond donors (Lipinski definition) is 2. The molecule has 1 rings (SSSR count). The molecule has 0 amide bonds. The second kappa shape index (κ2) is 5.62. The number of sulfonamides is 1. The maximum absolute atomic E-state index is 11.4. The third-order valence-corrected chi connectivity index (χ3v) is 3.21. The largest absolute Gasteiger partial charge is 0.396 e. The Labute approximate surface area is 83.9 Å². The van der Waals surface area contributed by atoms with E-state index in [1.54, 1.807) is 5.01 Å². The monoisotopic (exact) mass is 224 g/mol. The number of hydrazine groups is 1. The highest BCUT2D eigenvalue weighted by atomic mass is 32.2. The molecule has 14 heavy (non-hydrogen) atoms. The van der Waals surface area contributed by atoms with Crippen molar-refractivity contribution in [2.24, 2.45) is 0 Å².